The van der Waals surface area contributed by atoms with Crippen LogP contribution in [0.5, 0.6) is 0 Å². The zero-order chi connectivity index (χ0) is 12.1. The van der Waals surface area contributed by atoms with Gasteiger partial charge in [0.2, 0.25) is 5.91 Å². The Morgan fingerprint density at radius 3 is 2.56 bits per heavy atom. The third-order valence-electron chi connectivity index (χ3n) is 3.24. The molecule has 0 aromatic rings. The number of carbonyl (C=O) groups is 1. The number of hydrogen-bond donors (Lipinski definition) is 1. The van der Waals surface area contributed by atoms with E-state index in [1.807, 2.05) is 6.92 Å². The van der Waals surface area contributed by atoms with Crippen LogP contribution >= 0.6 is 0 Å². The third-order valence-corrected chi connectivity index (χ3v) is 3.24. The molecule has 16 heavy (non-hydrogen) atoms. The molecule has 1 amide bonds. The predicted molar refractivity (Wildman–Crippen MR) is 67.2 cm³/mol. The second-order valence-corrected chi connectivity index (χ2v) is 5.11. The first kappa shape index (κ1) is 13.2. The fourth-order valence-corrected chi connectivity index (χ4v) is 2.51. The predicted octanol–water partition coefficient (Wildman–Crippen LogP) is 1.65. The van der Waals surface area contributed by atoms with Gasteiger partial charge in [0.1, 0.15) is 0 Å². The molecule has 3 nitrogen and oxygen atoms in total. The Hall–Kier alpha value is -0.830. The fourth-order valence-electron chi connectivity index (χ4n) is 2.51. The van der Waals surface area contributed by atoms with Crippen molar-refractivity contribution in [2.45, 2.75) is 33.2 Å². The average molecular weight is 224 g/mol. The molecule has 0 saturated carbocycles. The van der Waals surface area contributed by atoms with Gasteiger partial charge in [-0.2, -0.15) is 0 Å². The maximum Gasteiger partial charge on any atom is 0.237 e. The Morgan fingerprint density at radius 2 is 2.06 bits per heavy atom. The van der Waals surface area contributed by atoms with Crippen LogP contribution < -0.4 is 5.32 Å². The van der Waals surface area contributed by atoms with Gasteiger partial charge in [0.05, 0.1) is 6.04 Å². The van der Waals surface area contributed by atoms with Gasteiger partial charge in [-0.05, 0) is 25.2 Å². The second-order valence-electron chi connectivity index (χ2n) is 5.11. The molecule has 92 valence electrons. The minimum absolute atomic E-state index is 0.0230. The lowest BCUT2D eigenvalue weighted by Gasteiger charge is -2.38. The first-order valence-electron chi connectivity index (χ1n) is 6.17. The minimum Gasteiger partial charge on any atom is -0.351 e. The third kappa shape index (κ3) is 3.63. The van der Waals surface area contributed by atoms with Gasteiger partial charge in [0.25, 0.3) is 0 Å². The summed E-state index contributed by atoms with van der Waals surface area (Å²) in [6.07, 6.45) is 2.99. The van der Waals surface area contributed by atoms with Crippen LogP contribution in [0.3, 0.4) is 0 Å². The normalized spacial score (nSPS) is 28.4. The summed E-state index contributed by atoms with van der Waals surface area (Å²) in [4.78, 5) is 14.1. The molecule has 1 aliphatic heterocycles. The highest BCUT2D eigenvalue weighted by Crippen LogP contribution is 2.22. The van der Waals surface area contributed by atoms with E-state index in [1.54, 1.807) is 6.08 Å². The maximum atomic E-state index is 11.8. The summed E-state index contributed by atoms with van der Waals surface area (Å²) in [5, 5.41) is 2.86. The van der Waals surface area contributed by atoms with E-state index in [0.29, 0.717) is 18.4 Å². The molecule has 1 aliphatic rings. The quantitative estimate of drug-likeness (QED) is 0.737. The largest absolute Gasteiger partial charge is 0.351 e. The SMILES string of the molecule is C=CCNC(=O)C(C)N1CC(C)CC(C)C1. The molecule has 1 N–H and O–H groups in total. The highest BCUT2D eigenvalue weighted by atomic mass is 16.2. The minimum atomic E-state index is -0.0230. The first-order valence-corrected chi connectivity index (χ1v) is 6.17. The van der Waals surface area contributed by atoms with Crippen molar-refractivity contribution in [1.29, 1.82) is 0 Å². The van der Waals surface area contributed by atoms with Crippen LogP contribution in [0.15, 0.2) is 12.7 Å². The van der Waals surface area contributed by atoms with Crippen molar-refractivity contribution in [3.05, 3.63) is 12.7 Å². The summed E-state index contributed by atoms with van der Waals surface area (Å²) in [5.74, 6) is 1.50. The van der Waals surface area contributed by atoms with Crippen molar-refractivity contribution in [3.8, 4) is 0 Å². The van der Waals surface area contributed by atoms with E-state index < -0.39 is 0 Å². The number of rotatable bonds is 4. The second kappa shape index (κ2) is 6.04. The number of carbonyl (C=O) groups excluding carboxylic acids is 1. The van der Waals surface area contributed by atoms with Crippen LogP contribution in [0.1, 0.15) is 27.2 Å². The molecule has 0 bridgehead atoms. The Bertz CT molecular complexity index is 242. The topological polar surface area (TPSA) is 32.3 Å². The summed E-state index contributed by atoms with van der Waals surface area (Å²) in [6.45, 7) is 12.7. The van der Waals surface area contributed by atoms with Gasteiger partial charge < -0.3 is 5.32 Å². The van der Waals surface area contributed by atoms with E-state index >= 15 is 0 Å². The van der Waals surface area contributed by atoms with Gasteiger partial charge in [-0.25, -0.2) is 0 Å². The van der Waals surface area contributed by atoms with Gasteiger partial charge in [0, 0.05) is 19.6 Å². The van der Waals surface area contributed by atoms with Crippen molar-refractivity contribution in [2.24, 2.45) is 11.8 Å². The van der Waals surface area contributed by atoms with Gasteiger partial charge in [-0.1, -0.05) is 19.9 Å². The van der Waals surface area contributed by atoms with Crippen molar-refractivity contribution in [2.75, 3.05) is 19.6 Å². The van der Waals surface area contributed by atoms with Crippen molar-refractivity contribution >= 4 is 5.91 Å². The van der Waals surface area contributed by atoms with Crippen molar-refractivity contribution in [1.82, 2.24) is 10.2 Å². The van der Waals surface area contributed by atoms with Gasteiger partial charge in [-0.3, -0.25) is 9.69 Å². The van der Waals surface area contributed by atoms with E-state index in [2.05, 4.69) is 30.6 Å². The van der Waals surface area contributed by atoms with Crippen LogP contribution in [-0.2, 0) is 4.79 Å². The Balaban J connectivity index is 2.48. The molecule has 0 aliphatic carbocycles. The zero-order valence-corrected chi connectivity index (χ0v) is 10.7. The molecule has 1 fully saturated rings. The summed E-state index contributed by atoms with van der Waals surface area (Å²) in [7, 11) is 0. The van der Waals surface area contributed by atoms with E-state index in [1.165, 1.54) is 6.42 Å². The average Bonchev–Trinajstić information content (AvgIpc) is 2.23. The van der Waals surface area contributed by atoms with Crippen LogP contribution in [0.25, 0.3) is 0 Å². The zero-order valence-electron chi connectivity index (χ0n) is 10.7. The van der Waals surface area contributed by atoms with Gasteiger partial charge >= 0.3 is 0 Å². The summed E-state index contributed by atoms with van der Waals surface area (Å²) in [5.41, 5.74) is 0. The number of nitrogens with zero attached hydrogens (tertiary/aromatic N) is 1. The molecule has 1 saturated heterocycles. The van der Waals surface area contributed by atoms with Gasteiger partial charge in [0.15, 0.2) is 0 Å². The van der Waals surface area contributed by atoms with E-state index in [-0.39, 0.29) is 11.9 Å². The number of likely N-dealkylation sites (tertiary alicyclic amines) is 1. The Morgan fingerprint density at radius 1 is 1.50 bits per heavy atom. The highest BCUT2D eigenvalue weighted by Gasteiger charge is 2.28. The Labute approximate surface area is 98.9 Å². The van der Waals surface area contributed by atoms with Crippen LogP contribution in [0.2, 0.25) is 0 Å². The highest BCUT2D eigenvalue weighted by molar-refractivity contribution is 5.81. The summed E-state index contributed by atoms with van der Waals surface area (Å²) in [6, 6.07) is -0.0230. The van der Waals surface area contributed by atoms with E-state index in [0.717, 1.165) is 13.1 Å². The Kier molecular flexibility index (Phi) is 5.00. The molecule has 1 heterocycles. The van der Waals surface area contributed by atoms with Crippen molar-refractivity contribution < 1.29 is 4.79 Å². The van der Waals surface area contributed by atoms with Crippen LogP contribution in [0, 0.1) is 11.8 Å². The smallest absolute Gasteiger partial charge is 0.237 e. The molecule has 3 atom stereocenters. The molecule has 0 radical (unpaired) electrons. The fraction of sp³-hybridized carbons (Fsp3) is 0.769. The molecule has 0 aromatic carbocycles. The summed E-state index contributed by atoms with van der Waals surface area (Å²) >= 11 is 0. The van der Waals surface area contributed by atoms with Crippen LogP contribution in [-0.4, -0.2) is 36.5 Å². The van der Waals surface area contributed by atoms with Gasteiger partial charge in [-0.15, -0.1) is 6.58 Å². The van der Waals surface area contributed by atoms with E-state index in [9.17, 15) is 4.79 Å². The molecule has 1 rings (SSSR count). The molecular weight excluding hydrogens is 200 g/mol. The number of nitrogens with one attached hydrogen (secondary N) is 1. The lowest BCUT2D eigenvalue weighted by Crippen LogP contribution is -2.50. The molecular formula is C13H24N2O. The van der Waals surface area contributed by atoms with Crippen LogP contribution in [0.4, 0.5) is 0 Å². The molecule has 0 aromatic heterocycles. The van der Waals surface area contributed by atoms with E-state index in [4.69, 9.17) is 0 Å². The lowest BCUT2D eigenvalue weighted by molar-refractivity contribution is -0.126. The maximum absolute atomic E-state index is 11.8. The molecule has 3 heteroatoms. The standard InChI is InChI=1S/C13H24N2O/c1-5-6-14-13(16)12(4)15-8-10(2)7-11(3)9-15/h5,10-12H,1,6-9H2,2-4H3,(H,14,16). The number of piperidine rings is 1. The monoisotopic (exact) mass is 224 g/mol. The molecule has 0 spiro atoms. The number of hydrogen-bond acceptors (Lipinski definition) is 2. The lowest BCUT2D eigenvalue weighted by atomic mass is 9.91. The first-order chi connectivity index (χ1) is 7.54. The summed E-state index contributed by atoms with van der Waals surface area (Å²) < 4.78 is 0. The molecule has 3 unspecified atom stereocenters. The number of amides is 1. The van der Waals surface area contributed by atoms with Crippen molar-refractivity contribution in [3.63, 3.8) is 0 Å².